The molecule has 0 aromatic rings. The Balaban J connectivity index is 1.97. The van der Waals surface area contributed by atoms with Gasteiger partial charge in [0.05, 0.1) is 73.5 Å². The zero-order valence-electron chi connectivity index (χ0n) is 35.8. The third-order valence-electron chi connectivity index (χ3n) is 11.3. The number of carboxylic acids is 1. The van der Waals surface area contributed by atoms with E-state index in [0.717, 1.165) is 0 Å². The smallest absolute Gasteiger partial charge is 0.311 e. The second kappa shape index (κ2) is 26.1. The number of hydrogen-bond acceptors (Lipinski definition) is 16. The largest absolute Gasteiger partial charge is 0.481 e. The first-order valence-electron chi connectivity index (χ1n) is 21.0. The number of ether oxygens (including phenoxy) is 4. The molecule has 346 valence electrons. The second-order valence-electron chi connectivity index (χ2n) is 16.6. The van der Waals surface area contributed by atoms with Crippen LogP contribution in [0.3, 0.4) is 0 Å². The SMILES string of the molecule is C/C=C/C=C/C=C/[C@@H](C[C@@H]1O[C@](O)(C[C@@H](O)C[C@@H](O)CCC[C@@H](O)C[C@@H](O)CC(=O)O[C@@H](C)[C@H](C)[C@H](O)[C@@H](C)/C=C/C)C[C@H](O)[C@H]1C(=O)O)OC1OC(C)C(O)C(N)C1O. The normalized spacial score (nSPS) is 32.5. The Hall–Kier alpha value is -2.62. The summed E-state index contributed by atoms with van der Waals surface area (Å²) in [5.41, 5.74) is 5.97. The van der Waals surface area contributed by atoms with Crippen molar-refractivity contribution < 1.29 is 79.6 Å². The minimum absolute atomic E-state index is 0.122. The molecule has 0 spiro atoms. The molecule has 0 amide bonds. The fourth-order valence-corrected chi connectivity index (χ4v) is 7.66. The Morgan fingerprint density at radius 3 is 2.08 bits per heavy atom. The minimum atomic E-state index is -2.22. The maximum atomic E-state index is 12.4. The molecule has 2 saturated heterocycles. The van der Waals surface area contributed by atoms with Crippen LogP contribution in [0.2, 0.25) is 0 Å². The molecule has 2 rings (SSSR count). The van der Waals surface area contributed by atoms with Crippen molar-refractivity contribution in [2.24, 2.45) is 23.5 Å². The maximum Gasteiger partial charge on any atom is 0.311 e. The highest BCUT2D eigenvalue weighted by atomic mass is 16.7. The van der Waals surface area contributed by atoms with Crippen molar-refractivity contribution in [2.75, 3.05) is 0 Å². The quantitative estimate of drug-likeness (QED) is 0.0348. The molecule has 2 aliphatic rings. The Labute approximate surface area is 353 Å². The molecule has 2 heterocycles. The molecule has 0 bridgehead atoms. The number of nitrogens with two attached hydrogens (primary N) is 1. The van der Waals surface area contributed by atoms with Gasteiger partial charge in [0.1, 0.15) is 18.1 Å². The molecule has 0 aromatic carbocycles. The lowest BCUT2D eigenvalue weighted by Gasteiger charge is -2.45. The van der Waals surface area contributed by atoms with Crippen LogP contribution in [0.25, 0.3) is 0 Å². The number of carboxylic acid groups (broad SMARTS) is 1. The van der Waals surface area contributed by atoms with Crippen molar-refractivity contribution in [1.82, 2.24) is 0 Å². The van der Waals surface area contributed by atoms with Crippen molar-refractivity contribution >= 4 is 11.9 Å². The van der Waals surface area contributed by atoms with Gasteiger partial charge < -0.3 is 75.7 Å². The summed E-state index contributed by atoms with van der Waals surface area (Å²) in [6.45, 7) is 10.5. The second-order valence-corrected chi connectivity index (χ2v) is 16.6. The molecule has 2 fully saturated rings. The van der Waals surface area contributed by atoms with Gasteiger partial charge in [-0.3, -0.25) is 9.59 Å². The lowest BCUT2D eigenvalue weighted by molar-refractivity contribution is -0.308. The van der Waals surface area contributed by atoms with Crippen LogP contribution in [0, 0.1) is 17.8 Å². The number of aliphatic hydroxyl groups is 9. The van der Waals surface area contributed by atoms with Crippen molar-refractivity contribution in [2.45, 2.75) is 191 Å². The summed E-state index contributed by atoms with van der Waals surface area (Å²) >= 11 is 0. The molecule has 17 nitrogen and oxygen atoms in total. The predicted molar refractivity (Wildman–Crippen MR) is 220 cm³/mol. The average Bonchev–Trinajstić information content (AvgIpc) is 3.14. The van der Waals surface area contributed by atoms with Gasteiger partial charge >= 0.3 is 11.9 Å². The fraction of sp³-hybridized carbons (Fsp3) is 0.767. The molecule has 5 unspecified atom stereocenters. The van der Waals surface area contributed by atoms with Gasteiger partial charge in [-0.25, -0.2) is 0 Å². The van der Waals surface area contributed by atoms with Crippen LogP contribution >= 0.6 is 0 Å². The fourth-order valence-electron chi connectivity index (χ4n) is 7.66. The molecule has 17 heteroatoms. The van der Waals surface area contributed by atoms with Gasteiger partial charge in [0.2, 0.25) is 0 Å². The third kappa shape index (κ3) is 17.6. The number of aliphatic carboxylic acids is 1. The summed E-state index contributed by atoms with van der Waals surface area (Å²) < 4.78 is 23.0. The van der Waals surface area contributed by atoms with Gasteiger partial charge in [-0.15, -0.1) is 0 Å². The Morgan fingerprint density at radius 2 is 1.48 bits per heavy atom. The van der Waals surface area contributed by atoms with Crippen LogP contribution in [0.1, 0.15) is 99.3 Å². The first-order chi connectivity index (χ1) is 28.1. The van der Waals surface area contributed by atoms with Crippen molar-refractivity contribution in [3.05, 3.63) is 48.6 Å². The molecular formula is C43H73NO16. The van der Waals surface area contributed by atoms with Crippen LogP contribution in [0.4, 0.5) is 0 Å². The first-order valence-corrected chi connectivity index (χ1v) is 21.0. The molecule has 18 atom stereocenters. The van der Waals surface area contributed by atoms with E-state index in [1.165, 1.54) is 0 Å². The predicted octanol–water partition coefficient (Wildman–Crippen LogP) is 1.10. The van der Waals surface area contributed by atoms with Crippen LogP contribution < -0.4 is 5.73 Å². The molecule has 0 radical (unpaired) electrons. The summed E-state index contributed by atoms with van der Waals surface area (Å²) in [5, 5.41) is 106. The van der Waals surface area contributed by atoms with E-state index in [-0.39, 0.29) is 56.8 Å². The highest BCUT2D eigenvalue weighted by Crippen LogP contribution is 2.38. The summed E-state index contributed by atoms with van der Waals surface area (Å²) in [5.74, 6) is -6.32. The summed E-state index contributed by atoms with van der Waals surface area (Å²) in [7, 11) is 0. The molecule has 0 aromatic heterocycles. The van der Waals surface area contributed by atoms with E-state index >= 15 is 0 Å². The van der Waals surface area contributed by atoms with Gasteiger partial charge in [-0.2, -0.15) is 0 Å². The minimum Gasteiger partial charge on any atom is -0.481 e. The summed E-state index contributed by atoms with van der Waals surface area (Å²) in [4.78, 5) is 24.8. The first kappa shape index (κ1) is 53.5. The van der Waals surface area contributed by atoms with Crippen LogP contribution in [0.15, 0.2) is 48.6 Å². The maximum absolute atomic E-state index is 12.4. The number of esters is 1. The standard InChI is InChI=1S/C43H73NO16/c1-7-9-10-11-12-17-32(59-42-40(53)37(44)39(52)27(6)58-42)21-34-36(41(54)55)33(49)23-43(56,60-34)22-31(48)19-29(46)16-13-15-28(45)18-30(47)20-35(50)57-26(5)25(4)38(51)24(3)14-8-2/h7-12,14,17,24-34,36-40,42,45-49,51-53,56H,13,15-16,18-23,44H2,1-6H3,(H,54,55)/b9-7+,11-10+,14-8+,17-12+/t24-,25-,26-,27?,28+,29-,30+,31-,32-,33-,34-,36+,37?,38+,39?,40?,42?,43+/m0/s1. The highest BCUT2D eigenvalue weighted by Gasteiger charge is 2.51. The molecule has 60 heavy (non-hydrogen) atoms. The van der Waals surface area contributed by atoms with Gasteiger partial charge in [0.25, 0.3) is 0 Å². The van der Waals surface area contributed by atoms with E-state index in [0.29, 0.717) is 0 Å². The monoisotopic (exact) mass is 859 g/mol. The van der Waals surface area contributed by atoms with E-state index in [1.807, 2.05) is 32.9 Å². The molecule has 12 N–H and O–H groups in total. The Bertz CT molecular complexity index is 1390. The third-order valence-corrected chi connectivity index (χ3v) is 11.3. The van der Waals surface area contributed by atoms with Gasteiger partial charge in [0.15, 0.2) is 12.1 Å². The van der Waals surface area contributed by atoms with Crippen molar-refractivity contribution in [1.29, 1.82) is 0 Å². The van der Waals surface area contributed by atoms with E-state index in [2.05, 4.69) is 0 Å². The van der Waals surface area contributed by atoms with E-state index in [1.54, 1.807) is 57.2 Å². The Morgan fingerprint density at radius 1 is 0.867 bits per heavy atom. The van der Waals surface area contributed by atoms with Gasteiger partial charge in [0, 0.05) is 31.1 Å². The van der Waals surface area contributed by atoms with E-state index in [4.69, 9.17) is 24.7 Å². The number of hydrogen-bond donors (Lipinski definition) is 11. The molecule has 0 saturated carbocycles. The van der Waals surface area contributed by atoms with Crippen molar-refractivity contribution in [3.63, 3.8) is 0 Å². The van der Waals surface area contributed by atoms with Gasteiger partial charge in [-0.1, -0.05) is 62.5 Å². The van der Waals surface area contributed by atoms with Crippen LogP contribution in [0.5, 0.6) is 0 Å². The number of carbonyl (C=O) groups excluding carboxylic acids is 1. The lowest BCUT2D eigenvalue weighted by atomic mass is 9.82. The number of carbonyl (C=O) groups is 2. The highest BCUT2D eigenvalue weighted by molar-refractivity contribution is 5.71. The molecular weight excluding hydrogens is 786 g/mol. The Kier molecular flexibility index (Phi) is 23.3. The molecule has 2 aliphatic heterocycles. The van der Waals surface area contributed by atoms with E-state index < -0.39 is 122 Å². The van der Waals surface area contributed by atoms with Gasteiger partial charge in [-0.05, 0) is 59.8 Å². The summed E-state index contributed by atoms with van der Waals surface area (Å²) in [6.07, 6.45) is -2.44. The number of rotatable bonds is 25. The van der Waals surface area contributed by atoms with Crippen molar-refractivity contribution in [3.8, 4) is 0 Å². The molecule has 0 aliphatic carbocycles. The zero-order chi connectivity index (χ0) is 45.3. The summed E-state index contributed by atoms with van der Waals surface area (Å²) in [6, 6.07) is -1.11. The average molecular weight is 860 g/mol. The lowest BCUT2D eigenvalue weighted by Crippen LogP contribution is -2.61. The topological polar surface area (TPSA) is 299 Å². The zero-order valence-corrected chi connectivity index (χ0v) is 35.8. The van der Waals surface area contributed by atoms with E-state index in [9.17, 15) is 60.7 Å². The van der Waals surface area contributed by atoms with Crippen LogP contribution in [-0.4, -0.2) is 154 Å². The number of aliphatic hydroxyl groups excluding tert-OH is 8. The number of allylic oxidation sites excluding steroid dienone is 6. The van der Waals surface area contributed by atoms with Crippen LogP contribution in [-0.2, 0) is 28.5 Å².